The van der Waals surface area contributed by atoms with Crippen molar-refractivity contribution in [1.82, 2.24) is 0 Å². The fourth-order valence-electron chi connectivity index (χ4n) is 4.56. The van der Waals surface area contributed by atoms with Crippen LogP contribution >= 0.6 is 0 Å². The second kappa shape index (κ2) is 10.9. The molecule has 36 heavy (non-hydrogen) atoms. The number of rotatable bonds is 7. The number of alkyl halides is 2. The largest absolute Gasteiger partial charge is 0.432 e. The molecule has 2 aromatic carbocycles. The van der Waals surface area contributed by atoms with Gasteiger partial charge >= 0.3 is 6.11 Å². The average Bonchev–Trinajstić information content (AvgIpc) is 2.82. The summed E-state index contributed by atoms with van der Waals surface area (Å²) in [6.07, 6.45) is -1.86. The van der Waals surface area contributed by atoms with Gasteiger partial charge < -0.3 is 18.9 Å². The zero-order valence-electron chi connectivity index (χ0n) is 19.3. The average molecular weight is 522 g/mol. The minimum Gasteiger partial charge on any atom is -0.429 e. The Labute approximate surface area is 203 Å². The van der Waals surface area contributed by atoms with Crippen LogP contribution in [-0.2, 0) is 20.3 Å². The van der Waals surface area contributed by atoms with E-state index in [0.29, 0.717) is 24.7 Å². The lowest BCUT2D eigenvalue weighted by Crippen LogP contribution is -2.40. The summed E-state index contributed by atoms with van der Waals surface area (Å²) in [5, 5.41) is 0. The first-order valence-corrected chi connectivity index (χ1v) is 11.6. The van der Waals surface area contributed by atoms with Crippen molar-refractivity contribution in [3.05, 3.63) is 64.5 Å². The van der Waals surface area contributed by atoms with Crippen LogP contribution < -0.4 is 4.74 Å². The van der Waals surface area contributed by atoms with E-state index in [9.17, 15) is 30.7 Å². The molecular weight excluding hydrogens is 497 g/mol. The van der Waals surface area contributed by atoms with Crippen LogP contribution in [0.1, 0.15) is 50.0 Å². The van der Waals surface area contributed by atoms with E-state index in [-0.39, 0.29) is 42.9 Å². The van der Waals surface area contributed by atoms with Crippen LogP contribution in [0.5, 0.6) is 5.75 Å². The van der Waals surface area contributed by atoms with Gasteiger partial charge in [-0.05, 0) is 37.3 Å². The van der Waals surface area contributed by atoms with Gasteiger partial charge in [0.2, 0.25) is 0 Å². The lowest BCUT2D eigenvalue weighted by Gasteiger charge is -2.37. The lowest BCUT2D eigenvalue weighted by molar-refractivity contribution is -0.228. The zero-order valence-corrected chi connectivity index (χ0v) is 19.3. The van der Waals surface area contributed by atoms with Gasteiger partial charge in [0.1, 0.15) is 22.9 Å². The molecule has 2 aliphatic rings. The van der Waals surface area contributed by atoms with E-state index in [4.69, 9.17) is 14.2 Å². The first-order chi connectivity index (χ1) is 17.1. The molecule has 2 aliphatic heterocycles. The first-order valence-electron chi connectivity index (χ1n) is 11.6. The van der Waals surface area contributed by atoms with Crippen molar-refractivity contribution in [3.63, 3.8) is 0 Å². The molecule has 0 amide bonds. The summed E-state index contributed by atoms with van der Waals surface area (Å²) in [5.74, 6) is -9.60. The van der Waals surface area contributed by atoms with Gasteiger partial charge in [-0.2, -0.15) is 8.78 Å². The molecule has 0 spiro atoms. The van der Waals surface area contributed by atoms with Crippen molar-refractivity contribution in [2.24, 2.45) is 11.8 Å². The first kappa shape index (κ1) is 26.7. The number of hydrogen-bond acceptors (Lipinski definition) is 4. The minimum absolute atomic E-state index is 0.0631. The van der Waals surface area contributed by atoms with Crippen molar-refractivity contribution in [1.29, 1.82) is 0 Å². The van der Waals surface area contributed by atoms with Crippen LogP contribution in [0, 0.1) is 40.9 Å². The molecule has 2 aromatic rings. The van der Waals surface area contributed by atoms with Gasteiger partial charge in [-0.15, -0.1) is 0 Å². The molecule has 198 valence electrons. The Hall–Kier alpha value is -2.37. The third-order valence-corrected chi connectivity index (χ3v) is 6.38. The predicted octanol–water partition coefficient (Wildman–Crippen LogP) is 6.77. The van der Waals surface area contributed by atoms with E-state index >= 15 is 0 Å². The summed E-state index contributed by atoms with van der Waals surface area (Å²) < 4.78 is 119. The zero-order chi connectivity index (χ0) is 26.0. The van der Waals surface area contributed by atoms with Gasteiger partial charge in [-0.25, -0.2) is 22.0 Å². The third-order valence-electron chi connectivity index (χ3n) is 6.38. The van der Waals surface area contributed by atoms with Crippen LogP contribution in [-0.4, -0.2) is 25.9 Å². The minimum atomic E-state index is -4.67. The highest BCUT2D eigenvalue weighted by molar-refractivity contribution is 5.32. The molecule has 0 saturated carbocycles. The van der Waals surface area contributed by atoms with Gasteiger partial charge in [0.25, 0.3) is 0 Å². The molecule has 0 radical (unpaired) electrons. The Morgan fingerprint density at radius 1 is 0.833 bits per heavy atom. The Morgan fingerprint density at radius 3 is 1.97 bits per heavy atom. The number of hydrogen-bond donors (Lipinski definition) is 0. The second-order valence-electron chi connectivity index (χ2n) is 9.04. The third kappa shape index (κ3) is 5.78. The molecule has 0 aromatic heterocycles. The fourth-order valence-corrected chi connectivity index (χ4v) is 4.56. The predicted molar refractivity (Wildman–Crippen MR) is 113 cm³/mol. The highest BCUT2D eigenvalue weighted by atomic mass is 19.3. The van der Waals surface area contributed by atoms with Gasteiger partial charge in [0.15, 0.2) is 23.7 Å². The molecule has 0 aliphatic carbocycles. The van der Waals surface area contributed by atoms with Crippen molar-refractivity contribution in [2.45, 2.75) is 51.1 Å². The maximum Gasteiger partial charge on any atom is 0.432 e. The van der Waals surface area contributed by atoms with E-state index in [1.807, 2.05) is 0 Å². The van der Waals surface area contributed by atoms with Gasteiger partial charge in [0, 0.05) is 30.2 Å². The normalized spacial score (nSPS) is 25.1. The maximum absolute atomic E-state index is 14.6. The van der Waals surface area contributed by atoms with Crippen molar-refractivity contribution in [3.8, 4) is 5.75 Å². The molecule has 11 heteroatoms. The maximum atomic E-state index is 14.6. The molecule has 4 rings (SSSR count). The SMILES string of the molecule is CCCC1CCC(C2COC(c3cc(F)c(C(F)(F)Oc4cc(F)c(F)c(F)c4)c(F)c3)OC2)OC1. The molecule has 2 saturated heterocycles. The smallest absolute Gasteiger partial charge is 0.429 e. The van der Waals surface area contributed by atoms with Crippen molar-refractivity contribution in [2.75, 3.05) is 19.8 Å². The molecule has 2 atom stereocenters. The Kier molecular flexibility index (Phi) is 8.11. The highest BCUT2D eigenvalue weighted by Gasteiger charge is 2.42. The molecule has 0 N–H and O–H groups in total. The van der Waals surface area contributed by atoms with Gasteiger partial charge in [-0.1, -0.05) is 13.3 Å². The van der Waals surface area contributed by atoms with Crippen molar-refractivity contribution < 1.29 is 49.7 Å². The molecule has 2 unspecified atom stereocenters. The summed E-state index contributed by atoms with van der Waals surface area (Å²) in [6.45, 7) is 3.17. The van der Waals surface area contributed by atoms with Gasteiger partial charge in [-0.3, -0.25) is 0 Å². The van der Waals surface area contributed by atoms with Crippen LogP contribution in [0.3, 0.4) is 0 Å². The molecular formula is C25H25F7O4. The van der Waals surface area contributed by atoms with E-state index in [1.165, 1.54) is 0 Å². The number of ether oxygens (including phenoxy) is 4. The Balaban J connectivity index is 1.42. The van der Waals surface area contributed by atoms with E-state index in [0.717, 1.165) is 25.7 Å². The van der Waals surface area contributed by atoms with Crippen molar-refractivity contribution >= 4 is 0 Å². The summed E-state index contributed by atoms with van der Waals surface area (Å²) in [6, 6.07) is 1.49. The van der Waals surface area contributed by atoms with E-state index in [1.54, 1.807) is 0 Å². The van der Waals surface area contributed by atoms with Crippen LogP contribution in [0.25, 0.3) is 0 Å². The number of halogens is 7. The van der Waals surface area contributed by atoms with Crippen LogP contribution in [0.4, 0.5) is 30.7 Å². The molecule has 2 heterocycles. The van der Waals surface area contributed by atoms with Gasteiger partial charge in [0.05, 0.1) is 19.3 Å². The lowest BCUT2D eigenvalue weighted by atomic mass is 9.89. The quantitative estimate of drug-likeness (QED) is 0.297. The number of benzene rings is 2. The standard InChI is InChI=1S/C25H25F7O4/c1-2-3-13-4-5-21(33-10-13)15-11-34-24(35-12-15)14-6-17(26)22(18(27)7-14)25(31,32)36-16-8-19(28)23(30)20(29)9-16/h6-9,13,15,21,24H,2-5,10-12H2,1H3. The summed E-state index contributed by atoms with van der Waals surface area (Å²) in [7, 11) is 0. The fraction of sp³-hybridized carbons (Fsp3) is 0.520. The van der Waals surface area contributed by atoms with Crippen LogP contribution in [0.15, 0.2) is 24.3 Å². The monoisotopic (exact) mass is 522 g/mol. The molecule has 0 bridgehead atoms. The van der Waals surface area contributed by atoms with E-state index < -0.39 is 52.8 Å². The molecule has 4 nitrogen and oxygen atoms in total. The topological polar surface area (TPSA) is 36.9 Å². The molecule has 2 fully saturated rings. The second-order valence-corrected chi connectivity index (χ2v) is 9.04. The Bertz CT molecular complexity index is 1020. The highest BCUT2D eigenvalue weighted by Crippen LogP contribution is 2.38. The Morgan fingerprint density at radius 2 is 1.44 bits per heavy atom. The van der Waals surface area contributed by atoms with E-state index in [2.05, 4.69) is 11.7 Å². The summed E-state index contributed by atoms with van der Waals surface area (Å²) in [5.41, 5.74) is -1.96. The summed E-state index contributed by atoms with van der Waals surface area (Å²) in [4.78, 5) is 0. The van der Waals surface area contributed by atoms with Crippen LogP contribution in [0.2, 0.25) is 0 Å². The summed E-state index contributed by atoms with van der Waals surface area (Å²) >= 11 is 0.